The van der Waals surface area contributed by atoms with Crippen molar-refractivity contribution in [2.24, 2.45) is 0 Å². The molecule has 25 heavy (non-hydrogen) atoms. The Balaban J connectivity index is 1.61. The van der Waals surface area contributed by atoms with Crippen LogP contribution in [0.2, 0.25) is 0 Å². The lowest BCUT2D eigenvalue weighted by atomic mass is 9.96. The van der Waals surface area contributed by atoms with Crippen LogP contribution >= 0.6 is 11.3 Å². The third kappa shape index (κ3) is 3.36. The van der Waals surface area contributed by atoms with Gasteiger partial charge in [0.2, 0.25) is 0 Å². The van der Waals surface area contributed by atoms with Gasteiger partial charge in [0.25, 0.3) is 11.5 Å². The molecule has 0 aromatic carbocycles. The fraction of sp³-hybridized carbons (Fsp3) is 0.632. The van der Waals surface area contributed by atoms with E-state index in [4.69, 9.17) is 0 Å². The molecule has 0 bridgehead atoms. The zero-order valence-corrected chi connectivity index (χ0v) is 15.4. The second-order valence-corrected chi connectivity index (χ2v) is 8.35. The molecule has 4 rings (SSSR count). The van der Waals surface area contributed by atoms with E-state index in [1.807, 2.05) is 0 Å². The van der Waals surface area contributed by atoms with E-state index in [0.717, 1.165) is 55.6 Å². The van der Waals surface area contributed by atoms with Gasteiger partial charge in [0.15, 0.2) is 4.96 Å². The maximum Gasteiger partial charge on any atom is 0.271 e. The lowest BCUT2D eigenvalue weighted by Gasteiger charge is -2.20. The fourth-order valence-electron chi connectivity index (χ4n) is 4.09. The summed E-state index contributed by atoms with van der Waals surface area (Å²) in [6, 6.07) is 0.185. The van der Waals surface area contributed by atoms with Crippen LogP contribution in [0.4, 0.5) is 0 Å². The van der Waals surface area contributed by atoms with Crippen LogP contribution in [0.3, 0.4) is 0 Å². The third-order valence-electron chi connectivity index (χ3n) is 5.49. The minimum absolute atomic E-state index is 0.185. The van der Waals surface area contributed by atoms with Crippen LogP contribution in [0.1, 0.15) is 78.7 Å². The van der Waals surface area contributed by atoms with Gasteiger partial charge in [-0.3, -0.25) is 14.0 Å². The molecule has 0 radical (unpaired) electrons. The Labute approximate surface area is 151 Å². The molecule has 2 aromatic rings. The highest BCUT2D eigenvalue weighted by Gasteiger charge is 2.22. The Bertz CT molecular complexity index is 831. The van der Waals surface area contributed by atoms with Gasteiger partial charge in [-0.25, -0.2) is 4.98 Å². The Hall–Kier alpha value is -1.69. The number of carbonyl (C=O) groups is 1. The molecular formula is C19H25N3O2S. The number of carbonyl (C=O) groups excluding carboxylic acids is 1. The second-order valence-electron chi connectivity index (χ2n) is 7.29. The predicted molar refractivity (Wildman–Crippen MR) is 99.6 cm³/mol. The van der Waals surface area contributed by atoms with Crippen LogP contribution in [-0.4, -0.2) is 21.3 Å². The number of hydrogen-bond acceptors (Lipinski definition) is 4. The number of aryl methyl sites for hydroxylation is 2. The first-order valence-electron chi connectivity index (χ1n) is 9.57. The van der Waals surface area contributed by atoms with E-state index in [0.29, 0.717) is 0 Å². The van der Waals surface area contributed by atoms with E-state index in [1.165, 1.54) is 36.8 Å². The van der Waals surface area contributed by atoms with Crippen LogP contribution in [0, 0.1) is 0 Å². The summed E-state index contributed by atoms with van der Waals surface area (Å²) in [5, 5.41) is 3.09. The molecule has 0 saturated heterocycles. The number of hydrogen-bond donors (Lipinski definition) is 1. The van der Waals surface area contributed by atoms with Crippen molar-refractivity contribution in [3.63, 3.8) is 0 Å². The molecule has 0 unspecified atom stereocenters. The molecule has 2 heterocycles. The Kier molecular flexibility index (Phi) is 4.88. The SMILES string of the molecule is O=C(NC1CCCCCCC1)c1cnc2sc3c(n2c1=O)CCCC3. The van der Waals surface area contributed by atoms with Gasteiger partial charge in [0.05, 0.1) is 0 Å². The summed E-state index contributed by atoms with van der Waals surface area (Å²) in [4.78, 5) is 32.0. The summed E-state index contributed by atoms with van der Waals surface area (Å²) in [7, 11) is 0. The van der Waals surface area contributed by atoms with Crippen molar-refractivity contribution < 1.29 is 4.79 Å². The maximum absolute atomic E-state index is 12.9. The van der Waals surface area contributed by atoms with Crippen LogP contribution < -0.4 is 10.9 Å². The number of nitrogens with one attached hydrogen (secondary N) is 1. The van der Waals surface area contributed by atoms with E-state index in [1.54, 1.807) is 15.7 Å². The summed E-state index contributed by atoms with van der Waals surface area (Å²) in [5.74, 6) is -0.256. The molecule has 1 N–H and O–H groups in total. The zero-order chi connectivity index (χ0) is 17.2. The molecule has 0 atom stereocenters. The van der Waals surface area contributed by atoms with Crippen molar-refractivity contribution in [1.29, 1.82) is 0 Å². The first-order valence-corrected chi connectivity index (χ1v) is 10.4. The van der Waals surface area contributed by atoms with Crippen molar-refractivity contribution >= 4 is 22.2 Å². The summed E-state index contributed by atoms with van der Waals surface area (Å²) in [5.41, 5.74) is 1.06. The average Bonchev–Trinajstić information content (AvgIpc) is 2.96. The minimum atomic E-state index is -0.256. The summed E-state index contributed by atoms with van der Waals surface area (Å²) >= 11 is 1.60. The highest BCUT2D eigenvalue weighted by molar-refractivity contribution is 7.17. The minimum Gasteiger partial charge on any atom is -0.349 e. The highest BCUT2D eigenvalue weighted by Crippen LogP contribution is 2.28. The standard InChI is InChI=1S/C19H25N3O2S/c23-17(21-13-8-4-2-1-3-5-9-13)14-12-20-19-22(18(14)24)15-10-6-7-11-16(15)25-19/h12-13H,1-11H2,(H,21,23). The average molecular weight is 359 g/mol. The molecular weight excluding hydrogens is 334 g/mol. The molecule has 6 heteroatoms. The Morgan fingerprint density at radius 3 is 2.60 bits per heavy atom. The first-order chi connectivity index (χ1) is 12.2. The first kappa shape index (κ1) is 16.8. The zero-order valence-electron chi connectivity index (χ0n) is 14.6. The highest BCUT2D eigenvalue weighted by atomic mass is 32.1. The molecule has 0 spiro atoms. The summed E-state index contributed by atoms with van der Waals surface area (Å²) in [6.07, 6.45) is 13.8. The van der Waals surface area contributed by atoms with Crippen molar-refractivity contribution in [1.82, 2.24) is 14.7 Å². The van der Waals surface area contributed by atoms with E-state index in [-0.39, 0.29) is 23.1 Å². The number of amides is 1. The largest absolute Gasteiger partial charge is 0.349 e. The van der Waals surface area contributed by atoms with Crippen LogP contribution in [0.5, 0.6) is 0 Å². The molecule has 0 aliphatic heterocycles. The van der Waals surface area contributed by atoms with Crippen LogP contribution in [0.15, 0.2) is 11.0 Å². The summed E-state index contributed by atoms with van der Waals surface area (Å²) in [6.45, 7) is 0. The number of aromatic nitrogens is 2. The molecule has 1 saturated carbocycles. The molecule has 2 aromatic heterocycles. The maximum atomic E-state index is 12.9. The van der Waals surface area contributed by atoms with Gasteiger partial charge in [-0.15, -0.1) is 11.3 Å². The van der Waals surface area contributed by atoms with Crippen molar-refractivity contribution in [3.8, 4) is 0 Å². The smallest absolute Gasteiger partial charge is 0.271 e. The van der Waals surface area contributed by atoms with E-state index in [9.17, 15) is 9.59 Å². The summed E-state index contributed by atoms with van der Waals surface area (Å²) < 4.78 is 1.69. The quantitative estimate of drug-likeness (QED) is 0.893. The Morgan fingerprint density at radius 1 is 1.08 bits per heavy atom. The fourth-order valence-corrected chi connectivity index (χ4v) is 5.26. The third-order valence-corrected chi connectivity index (χ3v) is 6.64. The predicted octanol–water partition coefficient (Wildman–Crippen LogP) is 3.48. The van der Waals surface area contributed by atoms with Crippen molar-refractivity contribution in [2.75, 3.05) is 0 Å². The van der Waals surface area contributed by atoms with Gasteiger partial charge >= 0.3 is 0 Å². The topological polar surface area (TPSA) is 63.5 Å². The van der Waals surface area contributed by atoms with E-state index < -0.39 is 0 Å². The number of fused-ring (bicyclic) bond motifs is 3. The molecule has 134 valence electrons. The Morgan fingerprint density at radius 2 is 1.80 bits per heavy atom. The van der Waals surface area contributed by atoms with Crippen molar-refractivity contribution in [2.45, 2.75) is 76.7 Å². The van der Waals surface area contributed by atoms with Crippen molar-refractivity contribution in [3.05, 3.63) is 32.7 Å². The van der Waals surface area contributed by atoms with Gasteiger partial charge in [-0.2, -0.15) is 0 Å². The lowest BCUT2D eigenvalue weighted by Crippen LogP contribution is -2.38. The van der Waals surface area contributed by atoms with Gasteiger partial charge in [-0.1, -0.05) is 32.1 Å². The van der Waals surface area contributed by atoms with E-state index >= 15 is 0 Å². The molecule has 2 aliphatic carbocycles. The lowest BCUT2D eigenvalue weighted by molar-refractivity contribution is 0.0928. The van der Waals surface area contributed by atoms with Gasteiger partial charge in [-0.05, 0) is 38.5 Å². The second kappa shape index (κ2) is 7.28. The van der Waals surface area contributed by atoms with Gasteiger partial charge in [0.1, 0.15) is 5.56 Å². The van der Waals surface area contributed by atoms with E-state index in [2.05, 4.69) is 10.3 Å². The van der Waals surface area contributed by atoms with Gasteiger partial charge in [0, 0.05) is 22.8 Å². The van der Waals surface area contributed by atoms with Crippen LogP contribution in [0.25, 0.3) is 4.96 Å². The molecule has 2 aliphatic rings. The molecule has 1 fully saturated rings. The molecule has 5 nitrogen and oxygen atoms in total. The van der Waals surface area contributed by atoms with Crippen LogP contribution in [-0.2, 0) is 12.8 Å². The molecule has 1 amide bonds. The number of rotatable bonds is 2. The van der Waals surface area contributed by atoms with Gasteiger partial charge < -0.3 is 5.32 Å². The monoisotopic (exact) mass is 359 g/mol. The normalized spacial score (nSPS) is 19.2. The number of thiazole rings is 1. The number of nitrogens with zero attached hydrogens (tertiary/aromatic N) is 2.